The van der Waals surface area contributed by atoms with Crippen LogP contribution in [0, 0.1) is 0 Å². The molecule has 0 N–H and O–H groups in total. The van der Waals surface area contributed by atoms with Gasteiger partial charge >= 0.3 is 0 Å². The lowest BCUT2D eigenvalue weighted by molar-refractivity contribution is 0.809. The van der Waals surface area contributed by atoms with Gasteiger partial charge in [-0.15, -0.1) is 11.6 Å². The van der Waals surface area contributed by atoms with Crippen LogP contribution in [0.2, 0.25) is 0 Å². The van der Waals surface area contributed by atoms with E-state index >= 15 is 0 Å². The summed E-state index contributed by atoms with van der Waals surface area (Å²) in [5.41, 5.74) is 2.58. The van der Waals surface area contributed by atoms with Crippen LogP contribution < -0.4 is 0 Å². The number of hydrogen-bond acceptors (Lipinski definition) is 0. The first-order chi connectivity index (χ1) is 6.70. The summed E-state index contributed by atoms with van der Waals surface area (Å²) in [6.07, 6.45) is 4.31. The van der Waals surface area contributed by atoms with Gasteiger partial charge in [-0.1, -0.05) is 42.0 Å². The number of alkyl halides is 1. The van der Waals surface area contributed by atoms with Crippen molar-refractivity contribution in [2.24, 2.45) is 0 Å². The van der Waals surface area contributed by atoms with Crippen molar-refractivity contribution < 1.29 is 0 Å². The summed E-state index contributed by atoms with van der Waals surface area (Å²) in [6, 6.07) is 10.3. The molecule has 0 aliphatic carbocycles. The van der Waals surface area contributed by atoms with E-state index in [1.54, 1.807) is 0 Å². The summed E-state index contributed by atoms with van der Waals surface area (Å²) < 4.78 is 0. The third-order valence-electron chi connectivity index (χ3n) is 2.13. The average molecular weight is 209 g/mol. The highest BCUT2D eigenvalue weighted by atomic mass is 35.5. The first kappa shape index (κ1) is 11.3. The number of halogens is 1. The number of rotatable bonds is 4. The Morgan fingerprint density at radius 2 is 1.93 bits per heavy atom. The second kappa shape index (κ2) is 5.87. The maximum atomic E-state index is 6.26. The molecule has 1 atom stereocenters. The highest BCUT2D eigenvalue weighted by Gasteiger charge is 2.04. The van der Waals surface area contributed by atoms with Crippen molar-refractivity contribution in [3.05, 3.63) is 47.5 Å². The number of allylic oxidation sites excluding steroid dienone is 2. The minimum absolute atomic E-state index is 0.145. The van der Waals surface area contributed by atoms with Gasteiger partial charge < -0.3 is 0 Å². The highest BCUT2D eigenvalue weighted by molar-refractivity contribution is 6.20. The van der Waals surface area contributed by atoms with E-state index in [0.717, 1.165) is 12.8 Å². The Balaban J connectivity index is 2.43. The molecule has 1 heteroatoms. The predicted octanol–water partition coefficient (Wildman–Crippen LogP) is 4.71. The lowest BCUT2D eigenvalue weighted by atomic mass is 10.1. The summed E-state index contributed by atoms with van der Waals surface area (Å²) in [6.45, 7) is 4.23. The first-order valence-electron chi connectivity index (χ1n) is 5.02. The maximum absolute atomic E-state index is 6.26. The van der Waals surface area contributed by atoms with Crippen LogP contribution in [0.25, 0.3) is 0 Å². The van der Waals surface area contributed by atoms with Crippen LogP contribution in [-0.2, 0) is 0 Å². The smallest absolute Gasteiger partial charge is 0.0588 e. The second-order valence-corrected chi connectivity index (χ2v) is 4.26. The fraction of sp³-hybridized carbons (Fsp3) is 0.385. The molecule has 0 nitrogen and oxygen atoms in total. The van der Waals surface area contributed by atoms with Gasteiger partial charge in [0.1, 0.15) is 0 Å². The van der Waals surface area contributed by atoms with E-state index in [-0.39, 0.29) is 5.38 Å². The van der Waals surface area contributed by atoms with Gasteiger partial charge in [-0.2, -0.15) is 0 Å². The van der Waals surface area contributed by atoms with Crippen molar-refractivity contribution in [3.63, 3.8) is 0 Å². The Bertz CT molecular complexity index is 283. The Hall–Kier alpha value is -0.750. The third-order valence-corrected chi connectivity index (χ3v) is 2.60. The van der Waals surface area contributed by atoms with Gasteiger partial charge in [0.15, 0.2) is 0 Å². The van der Waals surface area contributed by atoms with Crippen LogP contribution in [0.4, 0.5) is 0 Å². The minimum Gasteiger partial charge on any atom is -0.118 e. The Labute approximate surface area is 91.6 Å². The van der Waals surface area contributed by atoms with Crippen LogP contribution >= 0.6 is 11.6 Å². The minimum atomic E-state index is 0.145. The summed E-state index contributed by atoms with van der Waals surface area (Å²) in [4.78, 5) is 0. The molecule has 1 unspecified atom stereocenters. The molecule has 1 aromatic carbocycles. The fourth-order valence-electron chi connectivity index (χ4n) is 1.35. The number of benzene rings is 1. The monoisotopic (exact) mass is 208 g/mol. The predicted molar refractivity (Wildman–Crippen MR) is 63.7 cm³/mol. The molecular formula is C13H17Cl. The molecule has 0 aliphatic rings. The Morgan fingerprint density at radius 3 is 2.50 bits per heavy atom. The van der Waals surface area contributed by atoms with Crippen LogP contribution in [0.1, 0.15) is 37.6 Å². The maximum Gasteiger partial charge on any atom is 0.0588 e. The molecule has 0 saturated carbocycles. The molecule has 0 radical (unpaired) electrons. The third kappa shape index (κ3) is 3.97. The summed E-state index contributed by atoms with van der Waals surface area (Å²) in [5.74, 6) is 0. The molecule has 14 heavy (non-hydrogen) atoms. The van der Waals surface area contributed by atoms with E-state index in [9.17, 15) is 0 Å². The Morgan fingerprint density at radius 1 is 1.29 bits per heavy atom. The zero-order valence-corrected chi connectivity index (χ0v) is 9.59. The zero-order chi connectivity index (χ0) is 10.4. The van der Waals surface area contributed by atoms with E-state index in [1.807, 2.05) is 18.2 Å². The van der Waals surface area contributed by atoms with E-state index in [1.165, 1.54) is 11.1 Å². The number of hydrogen-bond donors (Lipinski definition) is 0. The van der Waals surface area contributed by atoms with Crippen molar-refractivity contribution >= 4 is 11.6 Å². The van der Waals surface area contributed by atoms with Crippen LogP contribution in [-0.4, -0.2) is 0 Å². The molecule has 0 bridgehead atoms. The van der Waals surface area contributed by atoms with Crippen molar-refractivity contribution in [2.75, 3.05) is 0 Å². The molecule has 0 fully saturated rings. The van der Waals surface area contributed by atoms with Gasteiger partial charge in [0.2, 0.25) is 0 Å². The van der Waals surface area contributed by atoms with Gasteiger partial charge in [-0.05, 0) is 32.3 Å². The Kier molecular flexibility index (Phi) is 4.75. The quantitative estimate of drug-likeness (QED) is 0.497. The molecule has 0 aliphatic heterocycles. The molecule has 0 amide bonds. The molecule has 0 heterocycles. The molecule has 1 rings (SSSR count). The second-order valence-electron chi connectivity index (χ2n) is 3.74. The van der Waals surface area contributed by atoms with Gasteiger partial charge in [0, 0.05) is 0 Å². The van der Waals surface area contributed by atoms with Crippen molar-refractivity contribution in [3.8, 4) is 0 Å². The van der Waals surface area contributed by atoms with Gasteiger partial charge in [-0.25, -0.2) is 0 Å². The molecular weight excluding hydrogens is 192 g/mol. The lowest BCUT2D eigenvalue weighted by Crippen LogP contribution is -1.88. The summed E-state index contributed by atoms with van der Waals surface area (Å²) in [5, 5.41) is 0.145. The molecule has 0 saturated heterocycles. The standard InChI is InChI=1S/C13H17Cl/c1-11(2)7-6-10-13(14)12-8-4-3-5-9-12/h3-5,7-9,13H,6,10H2,1-2H3. The van der Waals surface area contributed by atoms with Crippen molar-refractivity contribution in [1.29, 1.82) is 0 Å². The molecule has 76 valence electrons. The molecule has 1 aromatic rings. The van der Waals surface area contributed by atoms with Crippen LogP contribution in [0.5, 0.6) is 0 Å². The van der Waals surface area contributed by atoms with Gasteiger partial charge in [0.25, 0.3) is 0 Å². The van der Waals surface area contributed by atoms with Crippen molar-refractivity contribution in [1.82, 2.24) is 0 Å². The molecule has 0 aromatic heterocycles. The largest absolute Gasteiger partial charge is 0.118 e. The SMILES string of the molecule is CC(C)=CCCC(Cl)c1ccccc1. The van der Waals surface area contributed by atoms with E-state index in [2.05, 4.69) is 32.1 Å². The average Bonchev–Trinajstić information content (AvgIpc) is 2.18. The molecule has 0 spiro atoms. The highest BCUT2D eigenvalue weighted by Crippen LogP contribution is 2.25. The summed E-state index contributed by atoms with van der Waals surface area (Å²) >= 11 is 6.26. The van der Waals surface area contributed by atoms with E-state index < -0.39 is 0 Å². The lowest BCUT2D eigenvalue weighted by Gasteiger charge is -2.07. The van der Waals surface area contributed by atoms with Crippen LogP contribution in [0.15, 0.2) is 42.0 Å². The zero-order valence-electron chi connectivity index (χ0n) is 8.83. The topological polar surface area (TPSA) is 0 Å². The van der Waals surface area contributed by atoms with Gasteiger partial charge in [-0.3, -0.25) is 0 Å². The van der Waals surface area contributed by atoms with Crippen LogP contribution in [0.3, 0.4) is 0 Å². The summed E-state index contributed by atoms with van der Waals surface area (Å²) in [7, 11) is 0. The normalized spacial score (nSPS) is 12.2. The van der Waals surface area contributed by atoms with Gasteiger partial charge in [0.05, 0.1) is 5.38 Å². The fourth-order valence-corrected chi connectivity index (χ4v) is 1.62. The first-order valence-corrected chi connectivity index (χ1v) is 5.46. The van der Waals surface area contributed by atoms with E-state index in [4.69, 9.17) is 11.6 Å². The van der Waals surface area contributed by atoms with Crippen molar-refractivity contribution in [2.45, 2.75) is 32.1 Å². The van der Waals surface area contributed by atoms with E-state index in [0.29, 0.717) is 0 Å².